The number of hydrazone groups is 1. The first kappa shape index (κ1) is 15.4. The number of nitrogens with one attached hydrogen (secondary N) is 1. The third-order valence-electron chi connectivity index (χ3n) is 3.05. The number of furan rings is 1. The highest BCUT2D eigenvalue weighted by atomic mass is 79.9. The average molecular weight is 377 g/mol. The van der Waals surface area contributed by atoms with Crippen molar-refractivity contribution in [2.45, 2.75) is 0 Å². The Morgan fingerprint density at radius 3 is 2.52 bits per heavy atom. The van der Waals surface area contributed by atoms with E-state index in [-0.39, 0.29) is 5.56 Å². The van der Waals surface area contributed by atoms with Crippen molar-refractivity contribution >= 4 is 27.8 Å². The summed E-state index contributed by atoms with van der Waals surface area (Å²) in [4.78, 5) is 0. The van der Waals surface area contributed by atoms with E-state index >= 15 is 0 Å². The third-order valence-corrected chi connectivity index (χ3v) is 3.58. The van der Waals surface area contributed by atoms with Crippen molar-refractivity contribution in [2.24, 2.45) is 5.10 Å². The van der Waals surface area contributed by atoms with E-state index in [0.717, 1.165) is 16.2 Å². The Balaban J connectivity index is 1.71. The molecule has 2 aromatic carbocycles. The highest BCUT2D eigenvalue weighted by molar-refractivity contribution is 9.10. The van der Waals surface area contributed by atoms with Crippen molar-refractivity contribution in [1.29, 1.82) is 0 Å². The van der Waals surface area contributed by atoms with Crippen molar-refractivity contribution in [2.75, 3.05) is 5.43 Å². The monoisotopic (exact) mass is 376 g/mol. The fraction of sp³-hybridized carbons (Fsp3) is 0. The molecule has 3 rings (SSSR count). The van der Waals surface area contributed by atoms with Gasteiger partial charge in [0.25, 0.3) is 0 Å². The van der Waals surface area contributed by atoms with Gasteiger partial charge >= 0.3 is 0 Å². The van der Waals surface area contributed by atoms with Gasteiger partial charge in [-0.05, 0) is 48.5 Å². The topological polar surface area (TPSA) is 37.5 Å². The van der Waals surface area contributed by atoms with Crippen LogP contribution in [0.25, 0.3) is 11.3 Å². The molecule has 0 amide bonds. The van der Waals surface area contributed by atoms with Crippen LogP contribution in [0.4, 0.5) is 14.5 Å². The Hall–Kier alpha value is -2.47. The molecule has 0 spiro atoms. The van der Waals surface area contributed by atoms with E-state index < -0.39 is 11.6 Å². The fourth-order valence-corrected chi connectivity index (χ4v) is 2.22. The number of hydrogen-bond acceptors (Lipinski definition) is 3. The largest absolute Gasteiger partial charge is 0.455 e. The summed E-state index contributed by atoms with van der Waals surface area (Å²) in [5.41, 5.74) is 3.87. The quantitative estimate of drug-likeness (QED) is 0.486. The molecule has 0 aliphatic carbocycles. The minimum absolute atomic E-state index is 0.201. The molecule has 0 saturated carbocycles. The van der Waals surface area contributed by atoms with Crippen molar-refractivity contribution in [3.63, 3.8) is 0 Å². The van der Waals surface area contributed by atoms with E-state index in [1.54, 1.807) is 12.1 Å². The molecule has 0 bridgehead atoms. The van der Waals surface area contributed by atoms with Gasteiger partial charge in [-0.2, -0.15) is 5.10 Å². The summed E-state index contributed by atoms with van der Waals surface area (Å²) < 4.78 is 33.1. The van der Waals surface area contributed by atoms with Gasteiger partial charge in [-0.1, -0.05) is 15.9 Å². The molecule has 0 unspecified atom stereocenters. The van der Waals surface area contributed by atoms with Crippen LogP contribution in [0.1, 0.15) is 5.76 Å². The number of halogens is 3. The van der Waals surface area contributed by atoms with Gasteiger partial charge in [0.05, 0.1) is 17.5 Å². The first-order chi connectivity index (χ1) is 11.1. The van der Waals surface area contributed by atoms with Gasteiger partial charge in [0, 0.05) is 10.5 Å². The van der Waals surface area contributed by atoms with Crippen LogP contribution >= 0.6 is 15.9 Å². The summed E-state index contributed by atoms with van der Waals surface area (Å²) in [6.45, 7) is 0. The van der Waals surface area contributed by atoms with Crippen LogP contribution in [-0.2, 0) is 0 Å². The molecule has 23 heavy (non-hydrogen) atoms. The maximum absolute atomic E-state index is 13.7. The molecular weight excluding hydrogens is 366 g/mol. The van der Waals surface area contributed by atoms with Gasteiger partial charge in [-0.15, -0.1) is 0 Å². The third kappa shape index (κ3) is 3.84. The first-order valence-corrected chi connectivity index (χ1v) is 7.51. The molecule has 3 nitrogen and oxygen atoms in total. The van der Waals surface area contributed by atoms with Crippen LogP contribution in [0.2, 0.25) is 0 Å². The molecule has 0 saturated heterocycles. The van der Waals surface area contributed by atoms with Gasteiger partial charge in [0.15, 0.2) is 0 Å². The van der Waals surface area contributed by atoms with Gasteiger partial charge in [0.1, 0.15) is 23.2 Å². The second-order valence-corrected chi connectivity index (χ2v) is 5.62. The Kier molecular flexibility index (Phi) is 4.52. The average Bonchev–Trinajstić information content (AvgIpc) is 2.98. The summed E-state index contributed by atoms with van der Waals surface area (Å²) in [5.74, 6) is -0.532. The van der Waals surface area contributed by atoms with Crippen molar-refractivity contribution in [3.05, 3.63) is 76.5 Å². The van der Waals surface area contributed by atoms with Crippen molar-refractivity contribution < 1.29 is 13.2 Å². The van der Waals surface area contributed by atoms with Crippen LogP contribution in [-0.4, -0.2) is 6.21 Å². The first-order valence-electron chi connectivity index (χ1n) is 6.72. The van der Waals surface area contributed by atoms with Crippen LogP contribution in [0.15, 0.2) is 68.6 Å². The lowest BCUT2D eigenvalue weighted by molar-refractivity contribution is 0.556. The summed E-state index contributed by atoms with van der Waals surface area (Å²) >= 11 is 3.35. The molecule has 0 aliphatic rings. The predicted molar refractivity (Wildman–Crippen MR) is 89.4 cm³/mol. The zero-order chi connectivity index (χ0) is 16.2. The molecule has 0 fully saturated rings. The predicted octanol–water partition coefficient (Wildman–Crippen LogP) is 5.43. The normalized spacial score (nSPS) is 11.1. The highest BCUT2D eigenvalue weighted by Crippen LogP contribution is 2.25. The molecule has 0 aliphatic heterocycles. The second-order valence-electron chi connectivity index (χ2n) is 4.70. The standard InChI is InChI=1S/C17H11BrF2N2O/c18-11-1-4-13(5-2-11)22-21-10-14-6-8-17(23-14)15-7-3-12(19)9-16(15)20/h1-10,22H/b21-10-. The van der Waals surface area contributed by atoms with E-state index in [0.29, 0.717) is 11.5 Å². The molecule has 116 valence electrons. The van der Waals surface area contributed by atoms with E-state index in [4.69, 9.17) is 4.42 Å². The van der Waals surface area contributed by atoms with Crippen molar-refractivity contribution in [3.8, 4) is 11.3 Å². The van der Waals surface area contributed by atoms with Gasteiger partial charge in [0.2, 0.25) is 0 Å². The molecule has 3 aromatic rings. The molecule has 0 atom stereocenters. The van der Waals surface area contributed by atoms with E-state index in [2.05, 4.69) is 26.5 Å². The zero-order valence-electron chi connectivity index (χ0n) is 11.8. The molecule has 0 radical (unpaired) electrons. The number of hydrogen-bond donors (Lipinski definition) is 1. The molecule has 1 aromatic heterocycles. The van der Waals surface area contributed by atoms with Gasteiger partial charge < -0.3 is 4.42 Å². The highest BCUT2D eigenvalue weighted by Gasteiger charge is 2.10. The number of anilines is 1. The molecule has 1 N–H and O–H groups in total. The minimum Gasteiger partial charge on any atom is -0.455 e. The fourth-order valence-electron chi connectivity index (χ4n) is 1.95. The second kappa shape index (κ2) is 6.75. The summed E-state index contributed by atoms with van der Waals surface area (Å²) in [6, 6.07) is 14.1. The smallest absolute Gasteiger partial charge is 0.147 e. The maximum Gasteiger partial charge on any atom is 0.147 e. The lowest BCUT2D eigenvalue weighted by Gasteiger charge is -1.99. The summed E-state index contributed by atoms with van der Waals surface area (Å²) in [6.07, 6.45) is 1.48. The number of nitrogens with zero attached hydrogens (tertiary/aromatic N) is 1. The molecule has 1 heterocycles. The lowest BCUT2D eigenvalue weighted by atomic mass is 10.1. The van der Waals surface area contributed by atoms with E-state index in [9.17, 15) is 8.78 Å². The lowest BCUT2D eigenvalue weighted by Crippen LogP contribution is -1.89. The molecular formula is C17H11BrF2N2O. The van der Waals surface area contributed by atoms with Crippen LogP contribution in [0, 0.1) is 11.6 Å². The van der Waals surface area contributed by atoms with Crippen molar-refractivity contribution in [1.82, 2.24) is 0 Å². The SMILES string of the molecule is Fc1ccc(-c2ccc(/C=N\Nc3ccc(Br)cc3)o2)c(F)c1. The van der Waals surface area contributed by atoms with Gasteiger partial charge in [-0.3, -0.25) is 5.43 Å². The van der Waals surface area contributed by atoms with Crippen LogP contribution in [0.3, 0.4) is 0 Å². The summed E-state index contributed by atoms with van der Waals surface area (Å²) in [7, 11) is 0. The Bertz CT molecular complexity index is 844. The Morgan fingerprint density at radius 1 is 1.00 bits per heavy atom. The van der Waals surface area contributed by atoms with Crippen LogP contribution < -0.4 is 5.43 Å². The molecule has 6 heteroatoms. The Morgan fingerprint density at radius 2 is 1.78 bits per heavy atom. The van der Waals surface area contributed by atoms with E-state index in [1.807, 2.05) is 24.3 Å². The number of benzene rings is 2. The zero-order valence-corrected chi connectivity index (χ0v) is 13.3. The Labute approximate surface area is 139 Å². The summed E-state index contributed by atoms with van der Waals surface area (Å²) in [5, 5.41) is 4.05. The van der Waals surface area contributed by atoms with Gasteiger partial charge in [-0.25, -0.2) is 8.78 Å². The minimum atomic E-state index is -0.671. The van der Waals surface area contributed by atoms with E-state index in [1.165, 1.54) is 18.3 Å². The van der Waals surface area contributed by atoms with Crippen LogP contribution in [0.5, 0.6) is 0 Å². The number of rotatable bonds is 4. The maximum atomic E-state index is 13.7.